The van der Waals surface area contributed by atoms with Crippen molar-refractivity contribution in [2.24, 2.45) is 11.8 Å². The molecular formula is C10H13N3O3. The Hall–Kier alpha value is -1.85. The first-order valence-electron chi connectivity index (χ1n) is 5.18. The van der Waals surface area contributed by atoms with Gasteiger partial charge >= 0.3 is 5.97 Å². The van der Waals surface area contributed by atoms with Crippen LogP contribution < -0.4 is 5.32 Å². The quantitative estimate of drug-likeness (QED) is 0.781. The number of anilines is 1. The van der Waals surface area contributed by atoms with Gasteiger partial charge in [-0.05, 0) is 13.3 Å². The van der Waals surface area contributed by atoms with E-state index in [1.165, 1.54) is 0 Å². The molecule has 1 aliphatic rings. The zero-order valence-corrected chi connectivity index (χ0v) is 8.88. The molecule has 1 saturated carbocycles. The molecule has 6 nitrogen and oxygen atoms in total. The van der Waals surface area contributed by atoms with Crippen LogP contribution in [0.4, 0.5) is 5.69 Å². The number of aromatic nitrogens is 2. The average molecular weight is 223 g/mol. The van der Waals surface area contributed by atoms with Crippen LogP contribution in [0.2, 0.25) is 0 Å². The smallest absolute Gasteiger partial charge is 0.307 e. The predicted molar refractivity (Wildman–Crippen MR) is 55.8 cm³/mol. The van der Waals surface area contributed by atoms with E-state index in [9.17, 15) is 9.59 Å². The van der Waals surface area contributed by atoms with Gasteiger partial charge in [-0.3, -0.25) is 14.3 Å². The Balaban J connectivity index is 1.91. The van der Waals surface area contributed by atoms with Crippen LogP contribution in [0, 0.1) is 11.8 Å². The maximum absolute atomic E-state index is 11.6. The Morgan fingerprint density at radius 3 is 2.88 bits per heavy atom. The minimum Gasteiger partial charge on any atom is -0.481 e. The molecule has 1 fully saturated rings. The number of aryl methyl sites for hydroxylation is 1. The highest BCUT2D eigenvalue weighted by molar-refractivity contribution is 5.98. The first-order valence-corrected chi connectivity index (χ1v) is 5.18. The van der Waals surface area contributed by atoms with Crippen molar-refractivity contribution in [2.45, 2.75) is 19.9 Å². The lowest BCUT2D eigenvalue weighted by Crippen LogP contribution is -2.16. The normalized spacial score (nSPS) is 22.8. The van der Waals surface area contributed by atoms with E-state index in [-0.39, 0.29) is 11.8 Å². The first-order chi connectivity index (χ1) is 7.61. The van der Waals surface area contributed by atoms with Gasteiger partial charge in [0.05, 0.1) is 23.7 Å². The number of carboxylic acids is 1. The van der Waals surface area contributed by atoms with Crippen LogP contribution in [0.3, 0.4) is 0 Å². The maximum atomic E-state index is 11.6. The second kappa shape index (κ2) is 3.96. The Labute approximate surface area is 92.3 Å². The number of hydrogen-bond acceptors (Lipinski definition) is 3. The molecule has 0 unspecified atom stereocenters. The lowest BCUT2D eigenvalue weighted by molar-refractivity contribution is -0.139. The van der Waals surface area contributed by atoms with Crippen LogP contribution in [0.15, 0.2) is 12.4 Å². The molecular weight excluding hydrogens is 210 g/mol. The van der Waals surface area contributed by atoms with Gasteiger partial charge in [-0.2, -0.15) is 5.10 Å². The van der Waals surface area contributed by atoms with Crippen molar-refractivity contribution in [3.63, 3.8) is 0 Å². The zero-order chi connectivity index (χ0) is 11.7. The van der Waals surface area contributed by atoms with E-state index >= 15 is 0 Å². The highest BCUT2D eigenvalue weighted by atomic mass is 16.4. The highest BCUT2D eigenvalue weighted by Crippen LogP contribution is 2.39. The summed E-state index contributed by atoms with van der Waals surface area (Å²) in [6.07, 6.45) is 3.71. The van der Waals surface area contributed by atoms with Gasteiger partial charge in [-0.15, -0.1) is 0 Å². The Kier molecular flexibility index (Phi) is 2.64. The van der Waals surface area contributed by atoms with Crippen LogP contribution in [-0.4, -0.2) is 26.8 Å². The van der Waals surface area contributed by atoms with E-state index in [1.54, 1.807) is 17.1 Å². The molecule has 1 aliphatic carbocycles. The highest BCUT2D eigenvalue weighted by Gasteiger charge is 2.48. The number of hydrogen-bond donors (Lipinski definition) is 2. The van der Waals surface area contributed by atoms with Gasteiger partial charge in [0.15, 0.2) is 0 Å². The SMILES string of the molecule is CCn1cc(NC(=O)[C@H]2C[C@@H]2C(=O)O)cn1. The largest absolute Gasteiger partial charge is 0.481 e. The summed E-state index contributed by atoms with van der Waals surface area (Å²) in [6, 6.07) is 0. The van der Waals surface area contributed by atoms with E-state index in [0.29, 0.717) is 12.1 Å². The minimum atomic E-state index is -0.899. The van der Waals surface area contributed by atoms with E-state index < -0.39 is 11.9 Å². The molecule has 0 saturated heterocycles. The third-order valence-corrected chi connectivity index (χ3v) is 2.67. The van der Waals surface area contributed by atoms with Crippen molar-refractivity contribution in [1.82, 2.24) is 9.78 Å². The molecule has 16 heavy (non-hydrogen) atoms. The second-order valence-electron chi connectivity index (χ2n) is 3.86. The first kappa shape index (κ1) is 10.7. The Morgan fingerprint density at radius 2 is 2.38 bits per heavy atom. The maximum Gasteiger partial charge on any atom is 0.307 e. The topological polar surface area (TPSA) is 84.2 Å². The van der Waals surface area contributed by atoms with Crippen molar-refractivity contribution in [1.29, 1.82) is 0 Å². The predicted octanol–water partition coefficient (Wildman–Crippen LogP) is 0.562. The number of carbonyl (C=O) groups is 2. The number of amides is 1. The number of aliphatic carboxylic acids is 1. The van der Waals surface area contributed by atoms with Crippen LogP contribution in [-0.2, 0) is 16.1 Å². The van der Waals surface area contributed by atoms with Gasteiger partial charge in [0, 0.05) is 12.7 Å². The van der Waals surface area contributed by atoms with Gasteiger partial charge in [0.1, 0.15) is 0 Å². The lowest BCUT2D eigenvalue weighted by Gasteiger charge is -1.99. The van der Waals surface area contributed by atoms with E-state index in [2.05, 4.69) is 10.4 Å². The summed E-state index contributed by atoms with van der Waals surface area (Å²) in [4.78, 5) is 22.2. The van der Waals surface area contributed by atoms with Crippen molar-refractivity contribution >= 4 is 17.6 Å². The van der Waals surface area contributed by atoms with Crippen LogP contribution in [0.1, 0.15) is 13.3 Å². The van der Waals surface area contributed by atoms with E-state index in [0.717, 1.165) is 6.54 Å². The molecule has 0 aromatic carbocycles. The zero-order valence-electron chi connectivity index (χ0n) is 8.88. The van der Waals surface area contributed by atoms with Crippen molar-refractivity contribution in [3.05, 3.63) is 12.4 Å². The molecule has 0 bridgehead atoms. The second-order valence-corrected chi connectivity index (χ2v) is 3.86. The fourth-order valence-electron chi connectivity index (χ4n) is 1.59. The molecule has 2 atom stereocenters. The third-order valence-electron chi connectivity index (χ3n) is 2.67. The molecule has 2 N–H and O–H groups in total. The summed E-state index contributed by atoms with van der Waals surface area (Å²) >= 11 is 0. The molecule has 6 heteroatoms. The Bertz CT molecular complexity index is 427. The molecule has 0 aliphatic heterocycles. The van der Waals surface area contributed by atoms with Gasteiger partial charge in [0.2, 0.25) is 5.91 Å². The summed E-state index contributed by atoms with van der Waals surface area (Å²) < 4.78 is 1.69. The minimum absolute atomic E-state index is 0.233. The number of nitrogens with zero attached hydrogens (tertiary/aromatic N) is 2. The number of carboxylic acid groups (broad SMARTS) is 1. The molecule has 2 rings (SSSR count). The van der Waals surface area contributed by atoms with Crippen molar-refractivity contribution in [3.8, 4) is 0 Å². The number of carbonyl (C=O) groups excluding carboxylic acids is 1. The molecule has 1 aromatic rings. The van der Waals surface area contributed by atoms with Crippen molar-refractivity contribution < 1.29 is 14.7 Å². The molecule has 0 radical (unpaired) electrons. The third kappa shape index (κ3) is 2.05. The van der Waals surface area contributed by atoms with Gasteiger partial charge in [-0.25, -0.2) is 0 Å². The molecule has 1 aromatic heterocycles. The van der Waals surface area contributed by atoms with E-state index in [4.69, 9.17) is 5.11 Å². The summed E-state index contributed by atoms with van der Waals surface area (Å²) in [7, 11) is 0. The van der Waals surface area contributed by atoms with E-state index in [1.807, 2.05) is 6.92 Å². The molecule has 86 valence electrons. The summed E-state index contributed by atoms with van der Waals surface area (Å²) in [6.45, 7) is 2.68. The average Bonchev–Trinajstić information content (AvgIpc) is 2.94. The summed E-state index contributed by atoms with van der Waals surface area (Å²) in [5.74, 6) is -2.03. The molecule has 1 amide bonds. The van der Waals surface area contributed by atoms with Crippen LogP contribution in [0.5, 0.6) is 0 Å². The van der Waals surface area contributed by atoms with Gasteiger partial charge in [-0.1, -0.05) is 0 Å². The number of rotatable bonds is 4. The lowest BCUT2D eigenvalue weighted by atomic mass is 10.3. The van der Waals surface area contributed by atoms with Crippen molar-refractivity contribution in [2.75, 3.05) is 5.32 Å². The summed E-state index contributed by atoms with van der Waals surface area (Å²) in [5, 5.41) is 15.3. The Morgan fingerprint density at radius 1 is 1.62 bits per heavy atom. The monoisotopic (exact) mass is 223 g/mol. The standard InChI is InChI=1S/C10H13N3O3/c1-2-13-5-6(4-11-13)12-9(14)7-3-8(7)10(15)16/h4-5,7-8H,2-3H2,1H3,(H,12,14)(H,15,16)/t7-,8-/m0/s1. The van der Waals surface area contributed by atoms with Crippen LogP contribution in [0.25, 0.3) is 0 Å². The molecule has 0 spiro atoms. The van der Waals surface area contributed by atoms with Gasteiger partial charge < -0.3 is 10.4 Å². The summed E-state index contributed by atoms with van der Waals surface area (Å²) in [5.41, 5.74) is 0.614. The fraction of sp³-hybridized carbons (Fsp3) is 0.500. The van der Waals surface area contributed by atoms with Crippen LogP contribution >= 0.6 is 0 Å². The molecule has 1 heterocycles. The van der Waals surface area contributed by atoms with Gasteiger partial charge in [0.25, 0.3) is 0 Å². The fourth-order valence-corrected chi connectivity index (χ4v) is 1.59. The number of nitrogens with one attached hydrogen (secondary N) is 1.